The van der Waals surface area contributed by atoms with Crippen LogP contribution in [-0.4, -0.2) is 24.4 Å². The molecule has 1 heterocycles. The van der Waals surface area contributed by atoms with E-state index in [2.05, 4.69) is 26.1 Å². The van der Waals surface area contributed by atoms with Gasteiger partial charge in [-0.3, -0.25) is 4.79 Å². The Labute approximate surface area is 96.0 Å². The van der Waals surface area contributed by atoms with Crippen LogP contribution in [0.4, 0.5) is 0 Å². The van der Waals surface area contributed by atoms with E-state index in [0.717, 1.165) is 0 Å². The highest BCUT2D eigenvalue weighted by molar-refractivity contribution is 6.17. The molecule has 1 rings (SSSR count). The Bertz CT molecular complexity index is 326. The number of hydrogen-bond donors (Lipinski definition) is 1. The lowest BCUT2D eigenvalue weighted by molar-refractivity contribution is -0.140. The Morgan fingerprint density at radius 3 is 2.62 bits per heavy atom. The van der Waals surface area contributed by atoms with Gasteiger partial charge in [-0.1, -0.05) is 20.8 Å². The van der Waals surface area contributed by atoms with Gasteiger partial charge in [0.1, 0.15) is 5.57 Å². The smallest absolute Gasteiger partial charge is 0.343 e. The van der Waals surface area contributed by atoms with Crippen molar-refractivity contribution in [1.29, 1.82) is 0 Å². The van der Waals surface area contributed by atoms with Crippen molar-refractivity contribution in [3.8, 4) is 0 Å². The molecular weight excluding hydrogens is 206 g/mol. The van der Waals surface area contributed by atoms with Gasteiger partial charge >= 0.3 is 5.97 Å². The third-order valence-corrected chi connectivity index (χ3v) is 2.66. The van der Waals surface area contributed by atoms with E-state index < -0.39 is 5.97 Å². The summed E-state index contributed by atoms with van der Waals surface area (Å²) >= 11 is 0. The number of ether oxygens (including phenoxy) is 1. The predicted molar refractivity (Wildman–Crippen MR) is 60.7 cm³/mol. The van der Waals surface area contributed by atoms with Gasteiger partial charge in [0, 0.05) is 18.7 Å². The van der Waals surface area contributed by atoms with Gasteiger partial charge in [-0.25, -0.2) is 4.79 Å². The molecule has 4 heteroatoms. The van der Waals surface area contributed by atoms with Crippen LogP contribution in [0.15, 0.2) is 11.8 Å². The number of hydrogen-bond acceptors (Lipinski definition) is 4. The Hall–Kier alpha value is -1.32. The van der Waals surface area contributed by atoms with Crippen molar-refractivity contribution in [2.45, 2.75) is 40.2 Å². The molecule has 0 aromatic carbocycles. The summed E-state index contributed by atoms with van der Waals surface area (Å²) in [5.74, 6) is -0.676. The summed E-state index contributed by atoms with van der Waals surface area (Å²) in [6.45, 7) is 8.17. The standard InChI is InChI=1S/C12H19NO3/c1-5-16-11(15)8-7-13-10(6-9(8)14)12(2,3)4/h7,10,13H,5-6H2,1-4H3. The van der Waals surface area contributed by atoms with Crippen molar-refractivity contribution in [2.75, 3.05) is 6.61 Å². The fourth-order valence-electron chi connectivity index (χ4n) is 1.56. The molecule has 0 bridgehead atoms. The molecular formula is C12H19NO3. The van der Waals surface area contributed by atoms with E-state index in [-0.39, 0.29) is 29.4 Å². The van der Waals surface area contributed by atoms with E-state index in [1.54, 1.807) is 6.92 Å². The van der Waals surface area contributed by atoms with E-state index in [4.69, 9.17) is 4.74 Å². The second-order valence-electron chi connectivity index (χ2n) is 4.99. The predicted octanol–water partition coefficient (Wildman–Crippen LogP) is 1.41. The average molecular weight is 225 g/mol. The Morgan fingerprint density at radius 2 is 2.19 bits per heavy atom. The van der Waals surface area contributed by atoms with Crippen LogP contribution < -0.4 is 5.32 Å². The highest BCUT2D eigenvalue weighted by Gasteiger charge is 2.33. The number of esters is 1. The number of carbonyl (C=O) groups is 2. The molecule has 0 radical (unpaired) electrons. The van der Waals surface area contributed by atoms with Gasteiger partial charge in [0.2, 0.25) is 0 Å². The molecule has 0 saturated carbocycles. The van der Waals surface area contributed by atoms with Crippen LogP contribution in [0, 0.1) is 5.41 Å². The molecule has 0 saturated heterocycles. The molecule has 1 aliphatic rings. The van der Waals surface area contributed by atoms with Gasteiger partial charge in [-0.2, -0.15) is 0 Å². The van der Waals surface area contributed by atoms with Gasteiger partial charge < -0.3 is 10.1 Å². The van der Waals surface area contributed by atoms with Crippen LogP contribution in [0.25, 0.3) is 0 Å². The Balaban J connectivity index is 2.76. The second-order valence-corrected chi connectivity index (χ2v) is 4.99. The van der Waals surface area contributed by atoms with Crippen molar-refractivity contribution >= 4 is 11.8 Å². The van der Waals surface area contributed by atoms with E-state index in [1.807, 2.05) is 0 Å². The summed E-state index contributed by atoms with van der Waals surface area (Å²) in [6, 6.07) is 0.0678. The maximum Gasteiger partial charge on any atom is 0.343 e. The Morgan fingerprint density at radius 1 is 1.56 bits per heavy atom. The van der Waals surface area contributed by atoms with Gasteiger partial charge in [0.15, 0.2) is 5.78 Å². The summed E-state index contributed by atoms with van der Waals surface area (Å²) in [5, 5.41) is 3.10. The maximum atomic E-state index is 11.8. The van der Waals surface area contributed by atoms with Crippen molar-refractivity contribution in [3.05, 3.63) is 11.8 Å². The molecule has 0 aromatic heterocycles. The SMILES string of the molecule is CCOC(=O)C1=CNC(C(C)(C)C)CC1=O. The first-order valence-corrected chi connectivity index (χ1v) is 5.52. The van der Waals surface area contributed by atoms with Crippen molar-refractivity contribution in [3.63, 3.8) is 0 Å². The summed E-state index contributed by atoms with van der Waals surface area (Å²) < 4.78 is 4.80. The lowest BCUT2D eigenvalue weighted by Crippen LogP contribution is -2.43. The first kappa shape index (κ1) is 12.7. The molecule has 0 fully saturated rings. The third kappa shape index (κ3) is 2.84. The van der Waals surface area contributed by atoms with E-state index >= 15 is 0 Å². The molecule has 1 aliphatic heterocycles. The van der Waals surface area contributed by atoms with Gasteiger partial charge in [0.05, 0.1) is 6.61 Å². The summed E-state index contributed by atoms with van der Waals surface area (Å²) in [4.78, 5) is 23.2. The largest absolute Gasteiger partial charge is 0.462 e. The number of ketones is 1. The van der Waals surface area contributed by atoms with Crippen LogP contribution in [0.5, 0.6) is 0 Å². The number of nitrogens with one attached hydrogen (secondary N) is 1. The number of rotatable bonds is 2. The van der Waals surface area contributed by atoms with Crippen molar-refractivity contribution in [1.82, 2.24) is 5.32 Å². The molecule has 1 N–H and O–H groups in total. The molecule has 16 heavy (non-hydrogen) atoms. The van der Waals surface area contributed by atoms with Crippen LogP contribution >= 0.6 is 0 Å². The monoisotopic (exact) mass is 225 g/mol. The molecule has 0 aromatic rings. The van der Waals surface area contributed by atoms with Gasteiger partial charge in [-0.15, -0.1) is 0 Å². The highest BCUT2D eigenvalue weighted by Crippen LogP contribution is 2.25. The molecule has 1 unspecified atom stereocenters. The lowest BCUT2D eigenvalue weighted by atomic mass is 9.81. The van der Waals surface area contributed by atoms with Gasteiger partial charge in [0.25, 0.3) is 0 Å². The van der Waals surface area contributed by atoms with Crippen molar-refractivity contribution < 1.29 is 14.3 Å². The third-order valence-electron chi connectivity index (χ3n) is 2.66. The van der Waals surface area contributed by atoms with E-state index in [0.29, 0.717) is 6.42 Å². The fraction of sp³-hybridized carbons (Fsp3) is 0.667. The fourth-order valence-corrected chi connectivity index (χ4v) is 1.56. The van der Waals surface area contributed by atoms with Gasteiger partial charge in [-0.05, 0) is 12.3 Å². The zero-order valence-electron chi connectivity index (χ0n) is 10.3. The minimum atomic E-state index is -0.535. The lowest BCUT2D eigenvalue weighted by Gasteiger charge is -2.33. The topological polar surface area (TPSA) is 55.4 Å². The van der Waals surface area contributed by atoms with Crippen molar-refractivity contribution in [2.24, 2.45) is 5.41 Å². The zero-order valence-corrected chi connectivity index (χ0v) is 10.3. The first-order chi connectivity index (χ1) is 7.36. The molecule has 0 spiro atoms. The zero-order chi connectivity index (χ0) is 12.3. The molecule has 90 valence electrons. The minimum absolute atomic E-state index is 0.00759. The normalized spacial score (nSPS) is 21.1. The quantitative estimate of drug-likeness (QED) is 0.570. The first-order valence-electron chi connectivity index (χ1n) is 5.52. The molecule has 4 nitrogen and oxygen atoms in total. The molecule has 0 aliphatic carbocycles. The van der Waals surface area contributed by atoms with Crippen LogP contribution in [0.3, 0.4) is 0 Å². The van der Waals surface area contributed by atoms with E-state index in [1.165, 1.54) is 6.20 Å². The summed E-state index contributed by atoms with van der Waals surface area (Å²) in [6.07, 6.45) is 1.83. The summed E-state index contributed by atoms with van der Waals surface area (Å²) in [5.41, 5.74) is 0.120. The van der Waals surface area contributed by atoms with Crippen LogP contribution in [0.1, 0.15) is 34.1 Å². The number of Topliss-reactive ketones (excluding diaryl/α,β-unsaturated/α-hetero) is 1. The number of carbonyl (C=O) groups excluding carboxylic acids is 2. The molecule has 0 amide bonds. The van der Waals surface area contributed by atoms with Crippen LogP contribution in [-0.2, 0) is 14.3 Å². The second kappa shape index (κ2) is 4.68. The maximum absolute atomic E-state index is 11.8. The molecule has 1 atom stereocenters. The Kier molecular flexibility index (Phi) is 3.73. The van der Waals surface area contributed by atoms with Crippen LogP contribution in [0.2, 0.25) is 0 Å². The summed E-state index contributed by atoms with van der Waals surface area (Å²) in [7, 11) is 0. The van der Waals surface area contributed by atoms with E-state index in [9.17, 15) is 9.59 Å². The highest BCUT2D eigenvalue weighted by atomic mass is 16.5. The average Bonchev–Trinajstić information content (AvgIpc) is 2.16. The minimum Gasteiger partial charge on any atom is -0.462 e.